The first kappa shape index (κ1) is 24.4. The van der Waals surface area contributed by atoms with Crippen molar-refractivity contribution in [2.24, 2.45) is 10.9 Å². The minimum absolute atomic E-state index is 0.0227. The molecule has 0 aliphatic heterocycles. The van der Waals surface area contributed by atoms with Crippen LogP contribution in [0.15, 0.2) is 88.9 Å². The molecular weight excluding hydrogens is 458 g/mol. The fourth-order valence-corrected chi connectivity index (χ4v) is 4.33. The minimum atomic E-state index is -4.18. The van der Waals surface area contributed by atoms with Crippen molar-refractivity contribution < 1.29 is 23.1 Å². The molecule has 0 bridgehead atoms. The van der Waals surface area contributed by atoms with Crippen molar-refractivity contribution in [2.75, 3.05) is 10.6 Å². The normalized spacial score (nSPS) is 12.2. The molecule has 0 fully saturated rings. The zero-order valence-corrected chi connectivity index (χ0v) is 18.7. The number of anilines is 2. The van der Waals surface area contributed by atoms with Crippen molar-refractivity contribution in [3.8, 4) is 0 Å². The average molecular weight is 482 g/mol. The van der Waals surface area contributed by atoms with Gasteiger partial charge in [-0.15, -0.1) is 0 Å². The van der Waals surface area contributed by atoms with Crippen LogP contribution in [0.1, 0.15) is 15.9 Å². The van der Waals surface area contributed by atoms with Crippen LogP contribution in [0.3, 0.4) is 0 Å². The molecule has 0 aliphatic rings. The number of nitrogens with two attached hydrogens (primary N) is 1. The van der Waals surface area contributed by atoms with E-state index in [0.29, 0.717) is 16.8 Å². The van der Waals surface area contributed by atoms with E-state index >= 15 is 0 Å². The number of rotatable bonds is 10. The first-order valence-corrected chi connectivity index (χ1v) is 11.6. The van der Waals surface area contributed by atoms with E-state index in [-0.39, 0.29) is 17.0 Å². The van der Waals surface area contributed by atoms with Crippen molar-refractivity contribution in [2.45, 2.75) is 17.4 Å². The first-order chi connectivity index (χ1) is 16.3. The molecule has 0 saturated heterocycles. The van der Waals surface area contributed by atoms with Gasteiger partial charge >= 0.3 is 5.97 Å². The lowest BCUT2D eigenvalue weighted by Gasteiger charge is -2.15. The summed E-state index contributed by atoms with van der Waals surface area (Å²) < 4.78 is 28.0. The first-order valence-electron chi connectivity index (χ1n) is 10.1. The third-order valence-electron chi connectivity index (χ3n) is 4.71. The molecule has 34 heavy (non-hydrogen) atoms. The van der Waals surface area contributed by atoms with Gasteiger partial charge in [0.1, 0.15) is 12.4 Å². The van der Waals surface area contributed by atoms with Gasteiger partial charge in [0.2, 0.25) is 10.0 Å². The molecule has 176 valence electrons. The summed E-state index contributed by atoms with van der Waals surface area (Å²) in [4.78, 5) is 24.1. The van der Waals surface area contributed by atoms with Crippen LogP contribution in [0, 0.1) is 0 Å². The molecule has 0 heterocycles. The van der Waals surface area contributed by atoms with E-state index in [9.17, 15) is 23.1 Å². The van der Waals surface area contributed by atoms with E-state index in [1.807, 2.05) is 0 Å². The highest BCUT2D eigenvalue weighted by molar-refractivity contribution is 7.89. The van der Waals surface area contributed by atoms with Crippen LogP contribution in [-0.4, -0.2) is 37.8 Å². The van der Waals surface area contributed by atoms with Crippen molar-refractivity contribution in [3.05, 3.63) is 90.0 Å². The Morgan fingerprint density at radius 3 is 2.38 bits per heavy atom. The maximum atomic E-state index is 12.9. The van der Waals surface area contributed by atoms with Crippen LogP contribution in [-0.2, 0) is 21.2 Å². The lowest BCUT2D eigenvalue weighted by atomic mass is 10.1. The standard InChI is InChI=1S/C23H23N5O5S/c24-26-15-25-18-9-4-8-17(13-18)22(29)27-19-10-5-11-20(14-19)34(32,33)28-21(23(30)31)12-16-6-2-1-3-7-16/h1-11,13-15,21,28H,12,24H2,(H,25,26)(H,27,29)(H,30,31). The number of hydrogen-bond donors (Lipinski definition) is 5. The summed E-state index contributed by atoms with van der Waals surface area (Å²) in [5.41, 5.74) is 1.80. The van der Waals surface area contributed by atoms with E-state index in [1.165, 1.54) is 30.6 Å². The zero-order valence-electron chi connectivity index (χ0n) is 17.9. The quantitative estimate of drug-likeness (QED) is 0.128. The van der Waals surface area contributed by atoms with Crippen LogP contribution >= 0.6 is 0 Å². The average Bonchev–Trinajstić information content (AvgIpc) is 2.83. The number of nitrogens with zero attached hydrogens (tertiary/aromatic N) is 1. The van der Waals surface area contributed by atoms with Gasteiger partial charge in [-0.25, -0.2) is 8.42 Å². The predicted octanol–water partition coefficient (Wildman–Crippen LogP) is 2.23. The Kier molecular flexibility index (Phi) is 7.96. The largest absolute Gasteiger partial charge is 0.480 e. The maximum Gasteiger partial charge on any atom is 0.322 e. The predicted molar refractivity (Wildman–Crippen MR) is 129 cm³/mol. The monoisotopic (exact) mass is 481 g/mol. The molecule has 1 atom stereocenters. The van der Waals surface area contributed by atoms with Gasteiger partial charge in [-0.3, -0.25) is 9.59 Å². The smallest absolute Gasteiger partial charge is 0.322 e. The molecule has 1 unspecified atom stereocenters. The molecule has 3 rings (SSSR count). The summed E-state index contributed by atoms with van der Waals surface area (Å²) in [6.45, 7) is 0. The Labute approximate surface area is 196 Å². The number of nitrogens with one attached hydrogen (secondary N) is 3. The summed E-state index contributed by atoms with van der Waals surface area (Å²) in [6, 6.07) is 19.4. The van der Waals surface area contributed by atoms with E-state index in [0.717, 1.165) is 0 Å². The molecule has 0 spiro atoms. The summed E-state index contributed by atoms with van der Waals surface area (Å²) in [7, 11) is -4.18. The molecule has 0 saturated carbocycles. The van der Waals surface area contributed by atoms with Gasteiger partial charge < -0.3 is 21.6 Å². The second-order valence-electron chi connectivity index (χ2n) is 7.19. The summed E-state index contributed by atoms with van der Waals surface area (Å²) in [5.74, 6) is 3.28. The molecule has 10 nitrogen and oxygen atoms in total. The molecule has 11 heteroatoms. The molecule has 0 aliphatic carbocycles. The second kappa shape index (κ2) is 11.1. The number of carbonyl (C=O) groups is 2. The van der Waals surface area contributed by atoms with Crippen molar-refractivity contribution in [3.63, 3.8) is 0 Å². The van der Waals surface area contributed by atoms with Gasteiger partial charge in [-0.2, -0.15) is 9.82 Å². The SMILES string of the molecule is NN=CNc1cccc(C(=O)Nc2cccc(S(=O)(=O)NC(Cc3ccccc3)C(=O)O)c2)c1. The second-order valence-corrected chi connectivity index (χ2v) is 8.90. The van der Waals surface area contributed by atoms with Gasteiger partial charge in [0.05, 0.1) is 4.90 Å². The van der Waals surface area contributed by atoms with Gasteiger partial charge in [-0.05, 0) is 48.4 Å². The Balaban J connectivity index is 1.75. The highest BCUT2D eigenvalue weighted by Crippen LogP contribution is 2.18. The number of hydrazone groups is 1. The van der Waals surface area contributed by atoms with Gasteiger partial charge in [0.25, 0.3) is 5.91 Å². The zero-order chi connectivity index (χ0) is 24.6. The topological polar surface area (TPSA) is 163 Å². The van der Waals surface area contributed by atoms with E-state index in [2.05, 4.69) is 20.5 Å². The number of carbonyl (C=O) groups excluding carboxylic acids is 1. The van der Waals surface area contributed by atoms with Gasteiger partial charge in [0.15, 0.2) is 0 Å². The highest BCUT2D eigenvalue weighted by Gasteiger charge is 2.26. The van der Waals surface area contributed by atoms with Crippen LogP contribution < -0.4 is 21.2 Å². The van der Waals surface area contributed by atoms with Gasteiger partial charge in [0, 0.05) is 16.9 Å². The molecule has 6 N–H and O–H groups in total. The highest BCUT2D eigenvalue weighted by atomic mass is 32.2. The minimum Gasteiger partial charge on any atom is -0.480 e. The van der Waals surface area contributed by atoms with Crippen LogP contribution in [0.25, 0.3) is 0 Å². The molecule has 0 aromatic heterocycles. The Hall–Kier alpha value is -4.22. The summed E-state index contributed by atoms with van der Waals surface area (Å²) in [6.07, 6.45) is 1.24. The van der Waals surface area contributed by atoms with Crippen molar-refractivity contribution in [1.29, 1.82) is 0 Å². The Bertz CT molecular complexity index is 1300. The summed E-state index contributed by atoms with van der Waals surface area (Å²) in [5, 5.41) is 18.3. The van der Waals surface area contributed by atoms with Crippen LogP contribution in [0.2, 0.25) is 0 Å². The lowest BCUT2D eigenvalue weighted by molar-refractivity contribution is -0.138. The number of amides is 1. The Morgan fingerprint density at radius 2 is 1.68 bits per heavy atom. The number of sulfonamides is 1. The van der Waals surface area contributed by atoms with E-state index < -0.39 is 27.9 Å². The van der Waals surface area contributed by atoms with Crippen LogP contribution in [0.5, 0.6) is 0 Å². The molecule has 3 aromatic carbocycles. The number of hydrogen-bond acceptors (Lipinski definition) is 6. The number of aliphatic carboxylic acids is 1. The molecular formula is C23H23N5O5S. The molecule has 1 amide bonds. The van der Waals surface area contributed by atoms with Crippen molar-refractivity contribution >= 4 is 39.6 Å². The number of benzene rings is 3. The van der Waals surface area contributed by atoms with Gasteiger partial charge in [-0.1, -0.05) is 42.5 Å². The molecule has 0 radical (unpaired) electrons. The van der Waals surface area contributed by atoms with Crippen LogP contribution in [0.4, 0.5) is 11.4 Å². The number of carboxylic acid groups (broad SMARTS) is 1. The fourth-order valence-electron chi connectivity index (χ4n) is 3.09. The third kappa shape index (κ3) is 6.64. The lowest BCUT2D eigenvalue weighted by Crippen LogP contribution is -2.42. The number of carboxylic acids is 1. The third-order valence-corrected chi connectivity index (χ3v) is 6.18. The van der Waals surface area contributed by atoms with Crippen molar-refractivity contribution in [1.82, 2.24) is 4.72 Å². The molecule has 3 aromatic rings. The Morgan fingerprint density at radius 1 is 0.971 bits per heavy atom. The maximum absolute atomic E-state index is 12.9. The summed E-state index contributed by atoms with van der Waals surface area (Å²) >= 11 is 0. The van der Waals surface area contributed by atoms with E-state index in [4.69, 9.17) is 5.84 Å². The fraction of sp³-hybridized carbons (Fsp3) is 0.0870. The van der Waals surface area contributed by atoms with E-state index in [1.54, 1.807) is 54.6 Å².